The Kier molecular flexibility index (Phi) is 3.09. The summed E-state index contributed by atoms with van der Waals surface area (Å²) in [6, 6.07) is 7.69. The number of aliphatic hydroxyl groups excluding tert-OH is 2. The van der Waals surface area contributed by atoms with Crippen molar-refractivity contribution in [2.45, 2.75) is 12.2 Å². The summed E-state index contributed by atoms with van der Waals surface area (Å²) >= 11 is 3.14. The molecule has 0 saturated carbocycles. The Balaban J connectivity index is 2.43. The summed E-state index contributed by atoms with van der Waals surface area (Å²) in [5, 5.41) is 20.7. The minimum absolute atomic E-state index is 0.355. The van der Waals surface area contributed by atoms with Crippen LogP contribution in [0.25, 0.3) is 10.9 Å². The van der Waals surface area contributed by atoms with Crippen LogP contribution < -0.4 is 0 Å². The second-order valence-corrected chi connectivity index (χ2v) is 4.10. The lowest BCUT2D eigenvalue weighted by molar-refractivity contribution is 0.0352. The van der Waals surface area contributed by atoms with Gasteiger partial charge in [-0.15, -0.1) is 0 Å². The van der Waals surface area contributed by atoms with E-state index in [4.69, 9.17) is 0 Å². The Morgan fingerprint density at radius 3 is 2.73 bits per heavy atom. The first kappa shape index (κ1) is 10.7. The number of alkyl halides is 1. The molecule has 3 nitrogen and oxygen atoms in total. The third kappa shape index (κ3) is 1.93. The molecular formula is C11H12BrNO2. The van der Waals surface area contributed by atoms with Crippen LogP contribution in [-0.2, 0) is 0 Å². The highest BCUT2D eigenvalue weighted by molar-refractivity contribution is 9.09. The fourth-order valence-corrected chi connectivity index (χ4v) is 1.98. The van der Waals surface area contributed by atoms with Crippen molar-refractivity contribution >= 4 is 26.8 Å². The average molecular weight is 270 g/mol. The van der Waals surface area contributed by atoms with Crippen LogP contribution in [0.2, 0.25) is 0 Å². The zero-order valence-electron chi connectivity index (χ0n) is 8.02. The summed E-state index contributed by atoms with van der Waals surface area (Å²) in [7, 11) is 0. The molecule has 2 unspecified atom stereocenters. The zero-order chi connectivity index (χ0) is 10.8. The quantitative estimate of drug-likeness (QED) is 0.747. The molecule has 1 aromatic heterocycles. The Labute approximate surface area is 95.9 Å². The van der Waals surface area contributed by atoms with E-state index < -0.39 is 12.2 Å². The first-order valence-electron chi connectivity index (χ1n) is 4.72. The molecule has 0 aliphatic carbocycles. The molecule has 0 fully saturated rings. The first-order valence-corrected chi connectivity index (χ1v) is 5.84. The Hall–Kier alpha value is -0.840. The van der Waals surface area contributed by atoms with E-state index in [1.807, 2.05) is 24.3 Å². The molecule has 2 aromatic rings. The van der Waals surface area contributed by atoms with Crippen molar-refractivity contribution < 1.29 is 10.2 Å². The lowest BCUT2D eigenvalue weighted by Gasteiger charge is -2.14. The normalized spacial score (nSPS) is 15.4. The van der Waals surface area contributed by atoms with E-state index in [-0.39, 0.29) is 0 Å². The third-order valence-corrected chi connectivity index (χ3v) is 3.13. The van der Waals surface area contributed by atoms with Crippen molar-refractivity contribution in [3.63, 3.8) is 0 Å². The number of hydrogen-bond donors (Lipinski definition) is 3. The highest BCUT2D eigenvalue weighted by atomic mass is 79.9. The Bertz CT molecular complexity index is 455. The Morgan fingerprint density at radius 2 is 2.00 bits per heavy atom. The van der Waals surface area contributed by atoms with Crippen molar-refractivity contribution in [1.29, 1.82) is 0 Å². The number of aromatic amines is 1. The highest BCUT2D eigenvalue weighted by Gasteiger charge is 2.19. The lowest BCUT2D eigenvalue weighted by atomic mass is 10.0. The second-order valence-electron chi connectivity index (χ2n) is 3.46. The van der Waals surface area contributed by atoms with E-state index in [9.17, 15) is 10.2 Å². The van der Waals surface area contributed by atoms with E-state index in [2.05, 4.69) is 20.9 Å². The summed E-state index contributed by atoms with van der Waals surface area (Å²) < 4.78 is 0. The van der Waals surface area contributed by atoms with Crippen molar-refractivity contribution in [1.82, 2.24) is 4.98 Å². The number of aromatic nitrogens is 1. The predicted molar refractivity (Wildman–Crippen MR) is 63.1 cm³/mol. The number of hydrogen-bond acceptors (Lipinski definition) is 2. The molecule has 2 atom stereocenters. The van der Waals surface area contributed by atoms with Crippen LogP contribution in [0.3, 0.4) is 0 Å². The standard InChI is InChI=1S/C11H12BrNO2/c12-5-10(14)11(15)8-6-13-9-4-2-1-3-7(8)9/h1-4,6,10-11,13-15H,5H2. The number of benzene rings is 1. The minimum atomic E-state index is -0.861. The number of H-pyrrole nitrogens is 1. The number of fused-ring (bicyclic) bond motifs is 1. The maximum Gasteiger partial charge on any atom is 0.108 e. The van der Waals surface area contributed by atoms with Crippen LogP contribution in [0, 0.1) is 0 Å². The van der Waals surface area contributed by atoms with Gasteiger partial charge in [0.05, 0.1) is 6.10 Å². The largest absolute Gasteiger partial charge is 0.389 e. The van der Waals surface area contributed by atoms with Gasteiger partial charge < -0.3 is 15.2 Å². The number of aliphatic hydroxyl groups is 2. The van der Waals surface area contributed by atoms with E-state index in [1.54, 1.807) is 6.20 Å². The van der Waals surface area contributed by atoms with Gasteiger partial charge in [-0.3, -0.25) is 0 Å². The van der Waals surface area contributed by atoms with Crippen LogP contribution in [0.5, 0.6) is 0 Å². The summed E-state index contributed by atoms with van der Waals surface area (Å²) in [6.07, 6.45) is 0.0889. The second kappa shape index (κ2) is 4.35. The maximum absolute atomic E-state index is 9.88. The number of rotatable bonds is 3. The lowest BCUT2D eigenvalue weighted by Crippen LogP contribution is -2.19. The van der Waals surface area contributed by atoms with E-state index in [1.165, 1.54) is 0 Å². The van der Waals surface area contributed by atoms with E-state index >= 15 is 0 Å². The molecule has 0 bridgehead atoms. The molecule has 1 aromatic carbocycles. The van der Waals surface area contributed by atoms with Gasteiger partial charge in [-0.1, -0.05) is 34.1 Å². The van der Waals surface area contributed by atoms with Crippen molar-refractivity contribution in [2.75, 3.05) is 5.33 Å². The molecule has 2 rings (SSSR count). The molecule has 1 heterocycles. The van der Waals surface area contributed by atoms with Gasteiger partial charge in [0, 0.05) is 28.0 Å². The van der Waals surface area contributed by atoms with Crippen molar-refractivity contribution in [2.24, 2.45) is 0 Å². The van der Waals surface area contributed by atoms with Crippen molar-refractivity contribution in [3.05, 3.63) is 36.0 Å². The van der Waals surface area contributed by atoms with Crippen molar-refractivity contribution in [3.8, 4) is 0 Å². The van der Waals surface area contributed by atoms with E-state index in [0.29, 0.717) is 5.33 Å². The predicted octanol–water partition coefficient (Wildman–Crippen LogP) is 1.96. The topological polar surface area (TPSA) is 56.2 Å². The first-order chi connectivity index (χ1) is 7.24. The van der Waals surface area contributed by atoms with Gasteiger partial charge in [0.15, 0.2) is 0 Å². The SMILES string of the molecule is OC(CBr)C(O)c1c[nH]c2ccccc12. The number of halogens is 1. The van der Waals surface area contributed by atoms with Gasteiger partial charge in [-0.05, 0) is 6.07 Å². The van der Waals surface area contributed by atoms with Gasteiger partial charge in [0.1, 0.15) is 6.10 Å². The van der Waals surface area contributed by atoms with Gasteiger partial charge in [0.2, 0.25) is 0 Å². The van der Waals surface area contributed by atoms with Gasteiger partial charge in [-0.25, -0.2) is 0 Å². The average Bonchev–Trinajstić information content (AvgIpc) is 2.70. The molecule has 0 spiro atoms. The molecule has 0 aliphatic rings. The summed E-state index contributed by atoms with van der Waals surface area (Å²) in [5.41, 5.74) is 1.70. The Morgan fingerprint density at radius 1 is 1.27 bits per heavy atom. The zero-order valence-corrected chi connectivity index (χ0v) is 9.61. The monoisotopic (exact) mass is 269 g/mol. The molecular weight excluding hydrogens is 258 g/mol. The fourth-order valence-electron chi connectivity index (χ4n) is 1.63. The van der Waals surface area contributed by atoms with Gasteiger partial charge >= 0.3 is 0 Å². The summed E-state index contributed by atoms with van der Waals surface area (Å²) in [4.78, 5) is 3.06. The van der Waals surface area contributed by atoms with Crippen LogP contribution in [0.4, 0.5) is 0 Å². The number of para-hydroxylation sites is 1. The summed E-state index contributed by atoms with van der Waals surface area (Å²) in [5.74, 6) is 0. The molecule has 0 radical (unpaired) electrons. The van der Waals surface area contributed by atoms with Crippen LogP contribution in [0.15, 0.2) is 30.5 Å². The van der Waals surface area contributed by atoms with Crippen LogP contribution in [-0.4, -0.2) is 26.6 Å². The molecule has 0 saturated heterocycles. The third-order valence-electron chi connectivity index (χ3n) is 2.46. The van der Waals surface area contributed by atoms with Crippen LogP contribution in [0.1, 0.15) is 11.7 Å². The van der Waals surface area contributed by atoms with Gasteiger partial charge in [-0.2, -0.15) is 0 Å². The highest BCUT2D eigenvalue weighted by Crippen LogP contribution is 2.26. The molecule has 0 aliphatic heterocycles. The minimum Gasteiger partial charge on any atom is -0.389 e. The van der Waals surface area contributed by atoms with Crippen LogP contribution >= 0.6 is 15.9 Å². The smallest absolute Gasteiger partial charge is 0.108 e. The fraction of sp³-hybridized carbons (Fsp3) is 0.273. The van der Waals surface area contributed by atoms with Gasteiger partial charge in [0.25, 0.3) is 0 Å². The molecule has 3 N–H and O–H groups in total. The number of nitrogens with one attached hydrogen (secondary N) is 1. The molecule has 0 amide bonds. The maximum atomic E-state index is 9.88. The molecule has 80 valence electrons. The van der Waals surface area contributed by atoms with E-state index in [0.717, 1.165) is 16.5 Å². The molecule has 4 heteroatoms. The molecule has 15 heavy (non-hydrogen) atoms. The summed E-state index contributed by atoms with van der Waals surface area (Å²) in [6.45, 7) is 0.